The van der Waals surface area contributed by atoms with E-state index in [2.05, 4.69) is 10.3 Å². The molecule has 5 heteroatoms. The van der Waals surface area contributed by atoms with Gasteiger partial charge in [-0.25, -0.2) is 4.98 Å². The Hall–Kier alpha value is -1.88. The van der Waals surface area contributed by atoms with E-state index in [1.807, 2.05) is 24.4 Å². The van der Waals surface area contributed by atoms with Crippen molar-refractivity contribution in [1.82, 2.24) is 4.98 Å². The highest BCUT2D eigenvalue weighted by Gasteiger charge is 2.05. The molecule has 0 radical (unpaired) electrons. The average Bonchev–Trinajstić information content (AvgIpc) is 2.78. The molecule has 0 bridgehead atoms. The van der Waals surface area contributed by atoms with E-state index in [9.17, 15) is 4.79 Å². The lowest BCUT2D eigenvalue weighted by molar-refractivity contribution is -0.116. The number of aryl methyl sites for hydroxylation is 2. The highest BCUT2D eigenvalue weighted by atomic mass is 32.1. The van der Waals surface area contributed by atoms with Crippen molar-refractivity contribution in [1.29, 1.82) is 0 Å². The molecule has 100 valence electrons. The highest BCUT2D eigenvalue weighted by Crippen LogP contribution is 2.17. The Balaban J connectivity index is 1.77. The number of para-hydroxylation sites is 2. The molecule has 0 aliphatic heterocycles. The first kappa shape index (κ1) is 13.5. The summed E-state index contributed by atoms with van der Waals surface area (Å²) in [6, 6.07) is 7.27. The van der Waals surface area contributed by atoms with Gasteiger partial charge in [0.2, 0.25) is 5.91 Å². The lowest BCUT2D eigenvalue weighted by Gasteiger charge is -2.07. The number of carbonyl (C=O) groups excluding carboxylic acids is 1. The molecule has 1 amide bonds. The van der Waals surface area contributed by atoms with Crippen LogP contribution >= 0.6 is 11.3 Å². The first-order valence-corrected chi connectivity index (χ1v) is 7.08. The normalized spacial score (nSPS) is 10.4. The van der Waals surface area contributed by atoms with Crippen LogP contribution in [0.4, 0.5) is 11.4 Å². The number of nitrogens with two attached hydrogens (primary N) is 1. The van der Waals surface area contributed by atoms with E-state index in [0.29, 0.717) is 17.8 Å². The lowest BCUT2D eigenvalue weighted by Crippen LogP contribution is -2.12. The Bertz CT molecular complexity index is 565. The summed E-state index contributed by atoms with van der Waals surface area (Å²) < 4.78 is 0. The third-order valence-electron chi connectivity index (χ3n) is 2.74. The van der Waals surface area contributed by atoms with Gasteiger partial charge in [0, 0.05) is 11.8 Å². The van der Waals surface area contributed by atoms with Crippen molar-refractivity contribution in [3.05, 3.63) is 40.3 Å². The molecular weight excluding hydrogens is 258 g/mol. The Morgan fingerprint density at radius 1 is 1.42 bits per heavy atom. The van der Waals surface area contributed by atoms with Gasteiger partial charge in [-0.2, -0.15) is 0 Å². The first-order chi connectivity index (χ1) is 9.15. The van der Waals surface area contributed by atoms with Gasteiger partial charge < -0.3 is 11.1 Å². The summed E-state index contributed by atoms with van der Waals surface area (Å²) in [5.74, 6) is -0.00940. The zero-order chi connectivity index (χ0) is 13.7. The predicted molar refractivity (Wildman–Crippen MR) is 79.3 cm³/mol. The number of benzene rings is 1. The molecule has 0 saturated carbocycles. The number of thiazole rings is 1. The standard InChI is InChI=1S/C14H17N3OS/c1-10-16-11(9-19-10)5-4-8-14(18)17-13-7-3-2-6-12(13)15/h2-3,6-7,9H,4-5,8,15H2,1H3,(H,17,18). The van der Waals surface area contributed by atoms with E-state index in [1.165, 1.54) is 0 Å². The molecule has 0 aliphatic rings. The summed E-state index contributed by atoms with van der Waals surface area (Å²) in [4.78, 5) is 16.1. The van der Waals surface area contributed by atoms with Gasteiger partial charge in [-0.3, -0.25) is 4.79 Å². The zero-order valence-electron chi connectivity index (χ0n) is 10.8. The molecule has 2 rings (SSSR count). The Kier molecular flexibility index (Phi) is 4.52. The molecule has 1 aromatic heterocycles. The maximum absolute atomic E-state index is 11.8. The summed E-state index contributed by atoms with van der Waals surface area (Å²) in [6.45, 7) is 1.99. The summed E-state index contributed by atoms with van der Waals surface area (Å²) in [5, 5.41) is 5.93. The van der Waals surface area contributed by atoms with E-state index >= 15 is 0 Å². The van der Waals surface area contributed by atoms with Gasteiger partial charge >= 0.3 is 0 Å². The van der Waals surface area contributed by atoms with Crippen molar-refractivity contribution in [2.75, 3.05) is 11.1 Å². The molecule has 1 heterocycles. The summed E-state index contributed by atoms with van der Waals surface area (Å²) in [7, 11) is 0. The summed E-state index contributed by atoms with van der Waals surface area (Å²) in [6.07, 6.45) is 2.11. The molecule has 19 heavy (non-hydrogen) atoms. The third kappa shape index (κ3) is 4.06. The van der Waals surface area contributed by atoms with Gasteiger partial charge in [0.25, 0.3) is 0 Å². The largest absolute Gasteiger partial charge is 0.397 e. The highest BCUT2D eigenvalue weighted by molar-refractivity contribution is 7.09. The van der Waals surface area contributed by atoms with Crippen molar-refractivity contribution in [2.24, 2.45) is 0 Å². The Morgan fingerprint density at radius 2 is 2.21 bits per heavy atom. The molecular formula is C14H17N3OS. The fraction of sp³-hybridized carbons (Fsp3) is 0.286. The van der Waals surface area contributed by atoms with E-state index in [-0.39, 0.29) is 5.91 Å². The number of aromatic nitrogens is 1. The first-order valence-electron chi connectivity index (χ1n) is 6.20. The number of nitrogens with one attached hydrogen (secondary N) is 1. The van der Waals surface area contributed by atoms with Crippen LogP contribution in [0.25, 0.3) is 0 Å². The zero-order valence-corrected chi connectivity index (χ0v) is 11.7. The van der Waals surface area contributed by atoms with Crippen LogP contribution in [-0.4, -0.2) is 10.9 Å². The number of hydrogen-bond donors (Lipinski definition) is 2. The fourth-order valence-electron chi connectivity index (χ4n) is 1.78. The molecule has 0 unspecified atom stereocenters. The number of nitrogens with zero attached hydrogens (tertiary/aromatic N) is 1. The van der Waals surface area contributed by atoms with E-state index in [1.54, 1.807) is 23.5 Å². The summed E-state index contributed by atoms with van der Waals surface area (Å²) >= 11 is 1.64. The number of anilines is 2. The van der Waals surface area contributed by atoms with Gasteiger partial charge in [-0.1, -0.05) is 12.1 Å². The van der Waals surface area contributed by atoms with Crippen LogP contribution in [-0.2, 0) is 11.2 Å². The van der Waals surface area contributed by atoms with Gasteiger partial charge in [-0.05, 0) is 31.9 Å². The summed E-state index contributed by atoms with van der Waals surface area (Å²) in [5.41, 5.74) is 8.10. The molecule has 1 aromatic carbocycles. The van der Waals surface area contributed by atoms with Gasteiger partial charge in [0.15, 0.2) is 0 Å². The van der Waals surface area contributed by atoms with Gasteiger partial charge in [-0.15, -0.1) is 11.3 Å². The van der Waals surface area contributed by atoms with E-state index in [4.69, 9.17) is 5.73 Å². The van der Waals surface area contributed by atoms with E-state index < -0.39 is 0 Å². The monoisotopic (exact) mass is 275 g/mol. The topological polar surface area (TPSA) is 68.0 Å². The Labute approximate surface area is 116 Å². The van der Waals surface area contributed by atoms with Gasteiger partial charge in [0.1, 0.15) is 0 Å². The minimum atomic E-state index is -0.00940. The van der Waals surface area contributed by atoms with Gasteiger partial charge in [0.05, 0.1) is 22.1 Å². The average molecular weight is 275 g/mol. The van der Waals surface area contributed by atoms with Crippen LogP contribution in [0.1, 0.15) is 23.5 Å². The van der Waals surface area contributed by atoms with Crippen molar-refractivity contribution < 1.29 is 4.79 Å². The van der Waals surface area contributed by atoms with Crippen LogP contribution in [0.2, 0.25) is 0 Å². The number of carbonyl (C=O) groups is 1. The number of rotatable bonds is 5. The van der Waals surface area contributed by atoms with Crippen LogP contribution < -0.4 is 11.1 Å². The van der Waals surface area contributed by atoms with Crippen molar-refractivity contribution in [3.63, 3.8) is 0 Å². The maximum Gasteiger partial charge on any atom is 0.224 e. The lowest BCUT2D eigenvalue weighted by atomic mass is 10.2. The van der Waals surface area contributed by atoms with Crippen LogP contribution in [0.15, 0.2) is 29.6 Å². The second-order valence-corrected chi connectivity index (χ2v) is 5.41. The molecule has 3 N–H and O–H groups in total. The fourth-order valence-corrected chi connectivity index (χ4v) is 2.42. The molecule has 0 atom stereocenters. The van der Waals surface area contributed by atoms with Crippen molar-refractivity contribution in [2.45, 2.75) is 26.2 Å². The third-order valence-corrected chi connectivity index (χ3v) is 3.56. The maximum atomic E-state index is 11.8. The molecule has 0 fully saturated rings. The van der Waals surface area contributed by atoms with Crippen molar-refractivity contribution in [3.8, 4) is 0 Å². The molecule has 4 nitrogen and oxygen atoms in total. The molecule has 0 saturated heterocycles. The quantitative estimate of drug-likeness (QED) is 0.824. The number of nitrogen functional groups attached to an aromatic ring is 1. The molecule has 0 spiro atoms. The van der Waals surface area contributed by atoms with Crippen LogP contribution in [0.5, 0.6) is 0 Å². The second kappa shape index (κ2) is 6.33. The smallest absolute Gasteiger partial charge is 0.224 e. The van der Waals surface area contributed by atoms with Crippen LogP contribution in [0, 0.1) is 6.92 Å². The van der Waals surface area contributed by atoms with E-state index in [0.717, 1.165) is 23.5 Å². The second-order valence-electron chi connectivity index (χ2n) is 4.35. The minimum absolute atomic E-state index is 0.00940. The molecule has 2 aromatic rings. The Morgan fingerprint density at radius 3 is 2.89 bits per heavy atom. The molecule has 0 aliphatic carbocycles. The predicted octanol–water partition coefficient (Wildman–Crippen LogP) is 3.00. The van der Waals surface area contributed by atoms with Crippen molar-refractivity contribution >= 4 is 28.6 Å². The number of amides is 1. The van der Waals surface area contributed by atoms with Crippen LogP contribution in [0.3, 0.4) is 0 Å². The minimum Gasteiger partial charge on any atom is -0.397 e. The number of hydrogen-bond acceptors (Lipinski definition) is 4. The SMILES string of the molecule is Cc1nc(CCCC(=O)Nc2ccccc2N)cs1.